The largest absolute Gasteiger partial charge is 0.375 e. The number of morpholine rings is 1. The predicted molar refractivity (Wildman–Crippen MR) is 128 cm³/mol. The van der Waals surface area contributed by atoms with E-state index >= 15 is 0 Å². The fraction of sp³-hybridized carbons (Fsp3) is 0.591. The molecule has 0 bridgehead atoms. The smallest absolute Gasteiger partial charge is 0.194 e. The second-order valence-corrected chi connectivity index (χ2v) is 7.67. The highest BCUT2D eigenvalue weighted by Gasteiger charge is 2.32. The number of rotatable bonds is 5. The molecule has 6 nitrogen and oxygen atoms in total. The summed E-state index contributed by atoms with van der Waals surface area (Å²) in [6, 6.07) is 8.51. The molecule has 0 radical (unpaired) electrons. The van der Waals surface area contributed by atoms with E-state index in [9.17, 15) is 0 Å². The predicted octanol–water partition coefficient (Wildman–Crippen LogP) is 3.48. The zero-order valence-corrected chi connectivity index (χ0v) is 19.8. The molecule has 2 saturated heterocycles. The molecule has 160 valence electrons. The summed E-state index contributed by atoms with van der Waals surface area (Å²) in [6.45, 7) is 9.23. The molecule has 1 aromatic carbocycles. The SMILES string of the molecule is CCNC(=NCCc1c(C)[nH]c2ccccc12)N1CCOC(C2CCCO2)C1.I. The highest BCUT2D eigenvalue weighted by molar-refractivity contribution is 14.0. The number of nitrogens with one attached hydrogen (secondary N) is 2. The average Bonchev–Trinajstić information content (AvgIpc) is 3.36. The third-order valence-corrected chi connectivity index (χ3v) is 5.76. The summed E-state index contributed by atoms with van der Waals surface area (Å²) in [5, 5.41) is 4.78. The molecule has 2 aromatic rings. The lowest BCUT2D eigenvalue weighted by atomic mass is 10.1. The number of hydrogen-bond donors (Lipinski definition) is 2. The highest BCUT2D eigenvalue weighted by Crippen LogP contribution is 2.23. The molecule has 0 saturated carbocycles. The van der Waals surface area contributed by atoms with Crippen LogP contribution >= 0.6 is 24.0 Å². The Morgan fingerprint density at radius 2 is 2.07 bits per heavy atom. The molecule has 0 amide bonds. The van der Waals surface area contributed by atoms with Gasteiger partial charge in [0.25, 0.3) is 0 Å². The van der Waals surface area contributed by atoms with Crippen molar-refractivity contribution in [2.24, 2.45) is 4.99 Å². The molecular formula is C22H33IN4O2. The topological polar surface area (TPSA) is 61.9 Å². The summed E-state index contributed by atoms with van der Waals surface area (Å²) in [4.78, 5) is 10.8. The first-order valence-electron chi connectivity index (χ1n) is 10.6. The quantitative estimate of drug-likeness (QED) is 0.366. The van der Waals surface area contributed by atoms with Gasteiger partial charge in [-0.1, -0.05) is 18.2 Å². The fourth-order valence-electron chi connectivity index (χ4n) is 4.34. The van der Waals surface area contributed by atoms with E-state index in [1.165, 1.54) is 22.2 Å². The maximum atomic E-state index is 5.99. The number of aryl methyl sites for hydroxylation is 1. The van der Waals surface area contributed by atoms with Gasteiger partial charge in [-0.15, -0.1) is 24.0 Å². The van der Waals surface area contributed by atoms with Crippen LogP contribution in [-0.4, -0.2) is 67.4 Å². The van der Waals surface area contributed by atoms with Gasteiger partial charge in [0.1, 0.15) is 6.10 Å². The molecule has 2 fully saturated rings. The van der Waals surface area contributed by atoms with E-state index in [4.69, 9.17) is 14.5 Å². The third-order valence-electron chi connectivity index (χ3n) is 5.76. The lowest BCUT2D eigenvalue weighted by Crippen LogP contribution is -2.53. The second kappa shape index (κ2) is 10.6. The van der Waals surface area contributed by atoms with Gasteiger partial charge in [0, 0.05) is 49.4 Å². The van der Waals surface area contributed by atoms with E-state index < -0.39 is 0 Å². The van der Waals surface area contributed by atoms with Gasteiger partial charge >= 0.3 is 0 Å². The van der Waals surface area contributed by atoms with E-state index in [1.54, 1.807) is 0 Å². The number of hydrogen-bond acceptors (Lipinski definition) is 3. The van der Waals surface area contributed by atoms with Crippen LogP contribution in [0.1, 0.15) is 31.0 Å². The molecule has 2 aliphatic rings. The van der Waals surface area contributed by atoms with Crippen molar-refractivity contribution < 1.29 is 9.47 Å². The molecule has 7 heteroatoms. The number of aliphatic imine (C=N–C) groups is 1. The van der Waals surface area contributed by atoms with Gasteiger partial charge in [-0.05, 0) is 44.7 Å². The lowest BCUT2D eigenvalue weighted by Gasteiger charge is -2.37. The van der Waals surface area contributed by atoms with Gasteiger partial charge in [-0.3, -0.25) is 4.99 Å². The normalized spacial score (nSPS) is 22.7. The monoisotopic (exact) mass is 512 g/mol. The zero-order valence-electron chi connectivity index (χ0n) is 17.4. The van der Waals surface area contributed by atoms with Gasteiger partial charge in [0.2, 0.25) is 0 Å². The lowest BCUT2D eigenvalue weighted by molar-refractivity contribution is -0.0817. The van der Waals surface area contributed by atoms with Crippen molar-refractivity contribution in [3.05, 3.63) is 35.5 Å². The summed E-state index contributed by atoms with van der Waals surface area (Å²) in [5.74, 6) is 0.992. The third kappa shape index (κ3) is 5.24. The molecule has 0 aliphatic carbocycles. The number of benzene rings is 1. The molecule has 2 atom stereocenters. The minimum atomic E-state index is 0. The first-order valence-corrected chi connectivity index (χ1v) is 10.6. The van der Waals surface area contributed by atoms with Crippen LogP contribution in [0.5, 0.6) is 0 Å². The van der Waals surface area contributed by atoms with Crippen molar-refractivity contribution in [3.63, 3.8) is 0 Å². The summed E-state index contributed by atoms with van der Waals surface area (Å²) in [7, 11) is 0. The number of aromatic nitrogens is 1. The minimum Gasteiger partial charge on any atom is -0.375 e. The van der Waals surface area contributed by atoms with Crippen LogP contribution in [0.4, 0.5) is 0 Å². The van der Waals surface area contributed by atoms with Crippen LogP contribution in [0, 0.1) is 6.92 Å². The van der Waals surface area contributed by atoms with Crippen molar-refractivity contribution in [2.75, 3.05) is 39.4 Å². The first kappa shape index (κ1) is 22.4. The van der Waals surface area contributed by atoms with Gasteiger partial charge in [-0.2, -0.15) is 0 Å². The van der Waals surface area contributed by atoms with Gasteiger partial charge < -0.3 is 24.7 Å². The van der Waals surface area contributed by atoms with Gasteiger partial charge in [-0.25, -0.2) is 0 Å². The second-order valence-electron chi connectivity index (χ2n) is 7.67. The van der Waals surface area contributed by atoms with Gasteiger partial charge in [0.15, 0.2) is 5.96 Å². The Labute approximate surface area is 190 Å². The van der Waals surface area contributed by atoms with Gasteiger partial charge in [0.05, 0.1) is 12.7 Å². The van der Waals surface area contributed by atoms with Crippen LogP contribution in [0.25, 0.3) is 10.9 Å². The average molecular weight is 512 g/mol. The summed E-state index contributed by atoms with van der Waals surface area (Å²) >= 11 is 0. The Morgan fingerprint density at radius 3 is 2.86 bits per heavy atom. The van der Waals surface area contributed by atoms with E-state index in [0.29, 0.717) is 0 Å². The number of para-hydroxylation sites is 1. The van der Waals surface area contributed by atoms with Crippen LogP contribution in [0.3, 0.4) is 0 Å². The van der Waals surface area contributed by atoms with Crippen molar-refractivity contribution in [3.8, 4) is 0 Å². The van der Waals surface area contributed by atoms with Crippen LogP contribution < -0.4 is 5.32 Å². The van der Waals surface area contributed by atoms with Crippen molar-refractivity contribution in [1.82, 2.24) is 15.2 Å². The van der Waals surface area contributed by atoms with Crippen LogP contribution in [0.15, 0.2) is 29.3 Å². The van der Waals surface area contributed by atoms with Crippen molar-refractivity contribution in [2.45, 2.75) is 45.3 Å². The first-order chi connectivity index (χ1) is 13.8. The minimum absolute atomic E-state index is 0. The fourth-order valence-corrected chi connectivity index (χ4v) is 4.34. The summed E-state index contributed by atoms with van der Waals surface area (Å²) < 4.78 is 11.8. The molecule has 0 spiro atoms. The highest BCUT2D eigenvalue weighted by atomic mass is 127. The zero-order chi connectivity index (χ0) is 19.3. The maximum Gasteiger partial charge on any atom is 0.194 e. The van der Waals surface area contributed by atoms with Crippen LogP contribution in [-0.2, 0) is 15.9 Å². The number of ether oxygens (including phenoxy) is 2. The number of H-pyrrole nitrogens is 1. The Bertz CT molecular complexity index is 816. The Hall–Kier alpha value is -1.32. The summed E-state index contributed by atoms with van der Waals surface area (Å²) in [5.41, 5.74) is 3.82. The molecule has 2 unspecified atom stereocenters. The number of halogens is 1. The summed E-state index contributed by atoms with van der Waals surface area (Å²) in [6.07, 6.45) is 3.56. The van der Waals surface area contributed by atoms with E-state index in [-0.39, 0.29) is 36.2 Å². The molecule has 2 aliphatic heterocycles. The molecule has 2 N–H and O–H groups in total. The Balaban J connectivity index is 0.00000240. The molecule has 29 heavy (non-hydrogen) atoms. The van der Waals surface area contributed by atoms with E-state index in [2.05, 4.69) is 53.3 Å². The maximum absolute atomic E-state index is 5.99. The number of aromatic amines is 1. The number of nitrogens with zero attached hydrogens (tertiary/aromatic N) is 2. The Kier molecular flexibility index (Phi) is 8.20. The van der Waals surface area contributed by atoms with Crippen molar-refractivity contribution in [1.29, 1.82) is 0 Å². The van der Waals surface area contributed by atoms with E-state index in [0.717, 1.165) is 64.6 Å². The molecular weight excluding hydrogens is 479 g/mol. The van der Waals surface area contributed by atoms with Crippen molar-refractivity contribution >= 4 is 40.8 Å². The number of guanidine groups is 1. The molecule has 1 aromatic heterocycles. The van der Waals surface area contributed by atoms with Crippen LogP contribution in [0.2, 0.25) is 0 Å². The number of fused-ring (bicyclic) bond motifs is 1. The molecule has 4 rings (SSSR count). The molecule has 3 heterocycles. The van der Waals surface area contributed by atoms with E-state index in [1.807, 2.05) is 0 Å². The Morgan fingerprint density at radius 1 is 1.24 bits per heavy atom. The standard InChI is InChI=1S/C22H32N4O2.HI/c1-3-23-22(26-12-14-28-21(15-26)20-9-6-13-27-20)24-11-10-17-16(2)25-19-8-5-4-7-18(17)19;/h4-5,7-8,20-21,25H,3,6,9-15H2,1-2H3,(H,23,24);1H.